The van der Waals surface area contributed by atoms with Gasteiger partial charge in [0.15, 0.2) is 0 Å². The predicted octanol–water partition coefficient (Wildman–Crippen LogP) is 5.21. The molecule has 3 heterocycles. The van der Waals surface area contributed by atoms with Crippen LogP contribution in [0, 0.1) is 19.8 Å². The molecule has 1 fully saturated rings. The zero-order chi connectivity index (χ0) is 16.7. The summed E-state index contributed by atoms with van der Waals surface area (Å²) < 4.78 is 0. The predicted molar refractivity (Wildman–Crippen MR) is 103 cm³/mol. The summed E-state index contributed by atoms with van der Waals surface area (Å²) in [5.41, 5.74) is 5.20. The topological polar surface area (TPSA) is 29.0 Å². The highest BCUT2D eigenvalue weighted by molar-refractivity contribution is 7.17. The maximum atomic E-state index is 4.68. The third-order valence-electron chi connectivity index (χ3n) is 5.25. The minimum atomic E-state index is 0.820. The van der Waals surface area contributed by atoms with E-state index in [0.717, 1.165) is 29.7 Å². The van der Waals surface area contributed by atoms with Crippen molar-refractivity contribution in [2.24, 2.45) is 5.92 Å². The SMILES string of the molecule is Cc1ccc(-c2csc3ncnc(N4CCC(C)CC4)c23)cc1C. The zero-order valence-corrected chi connectivity index (χ0v) is 15.4. The van der Waals surface area contributed by atoms with Crippen LogP contribution in [0.1, 0.15) is 30.9 Å². The number of thiophene rings is 1. The van der Waals surface area contributed by atoms with Gasteiger partial charge in [-0.05, 0) is 49.3 Å². The summed E-state index contributed by atoms with van der Waals surface area (Å²) in [7, 11) is 0. The van der Waals surface area contributed by atoms with Crippen molar-refractivity contribution in [2.75, 3.05) is 18.0 Å². The zero-order valence-electron chi connectivity index (χ0n) is 14.5. The Morgan fingerprint density at radius 3 is 2.62 bits per heavy atom. The van der Waals surface area contributed by atoms with Crippen molar-refractivity contribution in [3.8, 4) is 11.1 Å². The van der Waals surface area contributed by atoms with Gasteiger partial charge in [-0.15, -0.1) is 11.3 Å². The average molecular weight is 337 g/mol. The fourth-order valence-electron chi connectivity index (χ4n) is 3.44. The molecule has 4 rings (SSSR count). The molecule has 0 atom stereocenters. The Morgan fingerprint density at radius 2 is 1.88 bits per heavy atom. The number of benzene rings is 1. The van der Waals surface area contributed by atoms with Gasteiger partial charge in [-0.25, -0.2) is 9.97 Å². The Bertz CT molecular complexity index is 876. The van der Waals surface area contributed by atoms with Gasteiger partial charge in [-0.2, -0.15) is 0 Å². The molecule has 1 aliphatic rings. The van der Waals surface area contributed by atoms with E-state index in [1.165, 1.54) is 40.5 Å². The van der Waals surface area contributed by atoms with Gasteiger partial charge in [0.05, 0.1) is 5.39 Å². The largest absolute Gasteiger partial charge is 0.356 e. The minimum absolute atomic E-state index is 0.820. The lowest BCUT2D eigenvalue weighted by Gasteiger charge is -2.31. The highest BCUT2D eigenvalue weighted by atomic mass is 32.1. The van der Waals surface area contributed by atoms with Crippen LogP contribution in [0.3, 0.4) is 0 Å². The molecule has 0 unspecified atom stereocenters. The molecule has 1 aliphatic heterocycles. The first kappa shape index (κ1) is 15.6. The van der Waals surface area contributed by atoms with E-state index in [1.54, 1.807) is 17.7 Å². The van der Waals surface area contributed by atoms with Gasteiger partial charge in [0.2, 0.25) is 0 Å². The van der Waals surface area contributed by atoms with E-state index < -0.39 is 0 Å². The summed E-state index contributed by atoms with van der Waals surface area (Å²) in [6.07, 6.45) is 4.21. The molecule has 3 nitrogen and oxygen atoms in total. The third-order valence-corrected chi connectivity index (χ3v) is 6.14. The standard InChI is InChI=1S/C20H23N3S/c1-13-6-8-23(9-7-13)19-18-17(11-24-20(18)22-12-21-19)16-5-4-14(2)15(3)10-16/h4-5,10-13H,6-9H2,1-3H3. The smallest absolute Gasteiger partial charge is 0.141 e. The molecule has 0 saturated carbocycles. The monoisotopic (exact) mass is 337 g/mol. The maximum Gasteiger partial charge on any atom is 0.141 e. The van der Waals surface area contributed by atoms with E-state index >= 15 is 0 Å². The van der Waals surface area contributed by atoms with Gasteiger partial charge >= 0.3 is 0 Å². The molecule has 0 amide bonds. The number of hydrogen-bond donors (Lipinski definition) is 0. The molecule has 1 saturated heterocycles. The lowest BCUT2D eigenvalue weighted by atomic mass is 9.98. The van der Waals surface area contributed by atoms with Gasteiger partial charge in [-0.1, -0.05) is 25.1 Å². The number of aromatic nitrogens is 2. The van der Waals surface area contributed by atoms with Crippen molar-refractivity contribution in [3.05, 3.63) is 41.0 Å². The fraction of sp³-hybridized carbons (Fsp3) is 0.400. The van der Waals surface area contributed by atoms with Crippen LogP contribution >= 0.6 is 11.3 Å². The third kappa shape index (κ3) is 2.69. The van der Waals surface area contributed by atoms with E-state index in [0.29, 0.717) is 0 Å². The molecule has 2 aromatic heterocycles. The normalized spacial score (nSPS) is 16.0. The Morgan fingerprint density at radius 1 is 1.08 bits per heavy atom. The van der Waals surface area contributed by atoms with Crippen molar-refractivity contribution < 1.29 is 0 Å². The number of hydrogen-bond acceptors (Lipinski definition) is 4. The first-order valence-electron chi connectivity index (χ1n) is 8.68. The van der Waals surface area contributed by atoms with Crippen molar-refractivity contribution >= 4 is 27.4 Å². The van der Waals surface area contributed by atoms with Crippen LogP contribution in [0.2, 0.25) is 0 Å². The minimum Gasteiger partial charge on any atom is -0.356 e. The van der Waals surface area contributed by atoms with E-state index in [1.807, 2.05) is 0 Å². The molecule has 4 heteroatoms. The number of nitrogens with zero attached hydrogens (tertiary/aromatic N) is 3. The Balaban J connectivity index is 1.84. The lowest BCUT2D eigenvalue weighted by molar-refractivity contribution is 0.437. The van der Waals surface area contributed by atoms with Gasteiger partial charge in [0, 0.05) is 24.0 Å². The summed E-state index contributed by atoms with van der Waals surface area (Å²) in [5, 5.41) is 3.46. The highest BCUT2D eigenvalue weighted by Crippen LogP contribution is 2.39. The Kier molecular flexibility index (Phi) is 4.01. The van der Waals surface area contributed by atoms with Crippen LogP contribution in [0.25, 0.3) is 21.3 Å². The van der Waals surface area contributed by atoms with Crippen molar-refractivity contribution in [3.63, 3.8) is 0 Å². The molecular weight excluding hydrogens is 314 g/mol. The van der Waals surface area contributed by atoms with Crippen LogP contribution < -0.4 is 4.90 Å². The second-order valence-corrected chi connectivity index (χ2v) is 7.85. The Labute approximate surface area is 147 Å². The second-order valence-electron chi connectivity index (χ2n) is 7.00. The van der Waals surface area contributed by atoms with E-state index in [-0.39, 0.29) is 0 Å². The lowest BCUT2D eigenvalue weighted by Crippen LogP contribution is -2.33. The van der Waals surface area contributed by atoms with Gasteiger partial charge < -0.3 is 4.90 Å². The van der Waals surface area contributed by atoms with Crippen LogP contribution in [-0.2, 0) is 0 Å². The summed E-state index contributed by atoms with van der Waals surface area (Å²) in [6, 6.07) is 6.71. The van der Waals surface area contributed by atoms with E-state index in [4.69, 9.17) is 0 Å². The molecule has 0 bridgehead atoms. The molecule has 124 valence electrons. The number of piperidine rings is 1. The molecule has 3 aromatic rings. The maximum absolute atomic E-state index is 4.68. The number of rotatable bonds is 2. The van der Waals surface area contributed by atoms with Crippen molar-refractivity contribution in [1.82, 2.24) is 9.97 Å². The average Bonchev–Trinajstić information content (AvgIpc) is 3.02. The molecule has 24 heavy (non-hydrogen) atoms. The number of aryl methyl sites for hydroxylation is 2. The first-order chi connectivity index (χ1) is 11.6. The molecular formula is C20H23N3S. The van der Waals surface area contributed by atoms with Gasteiger partial charge in [0.25, 0.3) is 0 Å². The number of fused-ring (bicyclic) bond motifs is 1. The summed E-state index contributed by atoms with van der Waals surface area (Å²) >= 11 is 1.72. The number of anilines is 1. The van der Waals surface area contributed by atoms with Crippen LogP contribution in [0.15, 0.2) is 29.9 Å². The molecule has 0 spiro atoms. The van der Waals surface area contributed by atoms with Crippen LogP contribution in [0.5, 0.6) is 0 Å². The molecule has 0 radical (unpaired) electrons. The second kappa shape index (κ2) is 6.17. The first-order valence-corrected chi connectivity index (χ1v) is 9.56. The summed E-state index contributed by atoms with van der Waals surface area (Å²) in [5.74, 6) is 1.93. The Hall–Kier alpha value is -1.94. The van der Waals surface area contributed by atoms with E-state index in [2.05, 4.69) is 59.2 Å². The van der Waals surface area contributed by atoms with Crippen LogP contribution in [-0.4, -0.2) is 23.1 Å². The summed E-state index contributed by atoms with van der Waals surface area (Å²) in [4.78, 5) is 12.7. The van der Waals surface area contributed by atoms with Crippen LogP contribution in [0.4, 0.5) is 5.82 Å². The quantitative estimate of drug-likeness (QED) is 0.642. The van der Waals surface area contributed by atoms with Gasteiger partial charge in [-0.3, -0.25) is 0 Å². The summed E-state index contributed by atoms with van der Waals surface area (Å²) in [6.45, 7) is 8.87. The molecule has 1 aromatic carbocycles. The van der Waals surface area contributed by atoms with E-state index in [9.17, 15) is 0 Å². The van der Waals surface area contributed by atoms with Crippen molar-refractivity contribution in [2.45, 2.75) is 33.6 Å². The van der Waals surface area contributed by atoms with Gasteiger partial charge in [0.1, 0.15) is 17.0 Å². The fourth-order valence-corrected chi connectivity index (χ4v) is 4.35. The highest BCUT2D eigenvalue weighted by Gasteiger charge is 2.21. The molecule has 0 N–H and O–H groups in total. The van der Waals surface area contributed by atoms with Crippen molar-refractivity contribution in [1.29, 1.82) is 0 Å². The molecule has 0 aliphatic carbocycles.